The largest absolute Gasteiger partial charge is 0.370 e. The minimum Gasteiger partial charge on any atom is -0.370 e. The van der Waals surface area contributed by atoms with E-state index in [9.17, 15) is 0 Å². The van der Waals surface area contributed by atoms with E-state index < -0.39 is 0 Å². The molecule has 128 valence electrons. The lowest BCUT2D eigenvalue weighted by Gasteiger charge is -2.36. The molecule has 2 heterocycles. The van der Waals surface area contributed by atoms with Crippen molar-refractivity contribution in [1.29, 1.82) is 0 Å². The van der Waals surface area contributed by atoms with Crippen LogP contribution >= 0.6 is 11.6 Å². The summed E-state index contributed by atoms with van der Waals surface area (Å²) >= 11 is 6.30. The number of nitrogens with one attached hydrogen (secondary N) is 1. The van der Waals surface area contributed by atoms with Crippen LogP contribution in [0.3, 0.4) is 0 Å². The molecule has 0 atom stereocenters. The Bertz CT molecular complexity index is 668. The molecule has 2 aromatic rings. The standard InChI is InChI=1S/C18H24ClN5/c1-14(2)13-21-17-7-8-20-18(22-17)24-11-9-23(10-12-24)16-6-4-3-5-15(16)19/h3-8,14H,9-13H2,1-2H3,(H,20,21,22). The van der Waals surface area contributed by atoms with E-state index in [1.54, 1.807) is 0 Å². The fourth-order valence-electron chi connectivity index (χ4n) is 2.76. The molecule has 0 unspecified atom stereocenters. The maximum absolute atomic E-state index is 6.30. The van der Waals surface area contributed by atoms with Crippen molar-refractivity contribution in [2.24, 2.45) is 5.92 Å². The Kier molecular flexibility index (Phi) is 5.41. The number of nitrogens with zero attached hydrogens (tertiary/aromatic N) is 4. The number of halogens is 1. The zero-order valence-corrected chi connectivity index (χ0v) is 15.0. The van der Waals surface area contributed by atoms with Crippen molar-refractivity contribution < 1.29 is 0 Å². The summed E-state index contributed by atoms with van der Waals surface area (Å²) in [4.78, 5) is 13.6. The average molecular weight is 346 g/mol. The van der Waals surface area contributed by atoms with Crippen LogP contribution < -0.4 is 15.1 Å². The van der Waals surface area contributed by atoms with E-state index in [-0.39, 0.29) is 0 Å². The Balaban J connectivity index is 1.62. The highest BCUT2D eigenvalue weighted by Crippen LogP contribution is 2.26. The molecule has 1 aromatic carbocycles. The molecule has 1 saturated heterocycles. The molecule has 0 amide bonds. The first-order valence-corrected chi connectivity index (χ1v) is 8.82. The van der Waals surface area contributed by atoms with E-state index >= 15 is 0 Å². The number of hydrogen-bond acceptors (Lipinski definition) is 5. The van der Waals surface area contributed by atoms with E-state index in [0.717, 1.165) is 55.2 Å². The third-order valence-corrected chi connectivity index (χ3v) is 4.41. The van der Waals surface area contributed by atoms with Crippen LogP contribution in [0.5, 0.6) is 0 Å². The fourth-order valence-corrected chi connectivity index (χ4v) is 3.02. The van der Waals surface area contributed by atoms with Crippen molar-refractivity contribution in [1.82, 2.24) is 9.97 Å². The van der Waals surface area contributed by atoms with Gasteiger partial charge in [-0.3, -0.25) is 0 Å². The number of rotatable bonds is 5. The number of piperazine rings is 1. The van der Waals surface area contributed by atoms with Crippen LogP contribution in [-0.4, -0.2) is 42.7 Å². The maximum Gasteiger partial charge on any atom is 0.227 e. The highest BCUT2D eigenvalue weighted by Gasteiger charge is 2.20. The zero-order valence-electron chi connectivity index (χ0n) is 14.2. The highest BCUT2D eigenvalue weighted by atomic mass is 35.5. The first-order valence-electron chi connectivity index (χ1n) is 8.45. The molecule has 0 bridgehead atoms. The Hall–Kier alpha value is -2.01. The van der Waals surface area contributed by atoms with E-state index in [1.807, 2.05) is 30.5 Å². The van der Waals surface area contributed by atoms with Gasteiger partial charge in [0.25, 0.3) is 0 Å². The molecular formula is C18H24ClN5. The Morgan fingerprint density at radius 2 is 1.79 bits per heavy atom. The monoisotopic (exact) mass is 345 g/mol. The molecule has 3 rings (SSSR count). The summed E-state index contributed by atoms with van der Waals surface area (Å²) in [6.07, 6.45) is 1.82. The van der Waals surface area contributed by atoms with Gasteiger partial charge in [0.15, 0.2) is 0 Å². The number of benzene rings is 1. The van der Waals surface area contributed by atoms with Crippen molar-refractivity contribution in [3.05, 3.63) is 41.6 Å². The van der Waals surface area contributed by atoms with Gasteiger partial charge in [-0.15, -0.1) is 0 Å². The minimum atomic E-state index is 0.586. The van der Waals surface area contributed by atoms with E-state index in [4.69, 9.17) is 11.6 Å². The lowest BCUT2D eigenvalue weighted by molar-refractivity contribution is 0.639. The van der Waals surface area contributed by atoms with Gasteiger partial charge in [0.05, 0.1) is 10.7 Å². The van der Waals surface area contributed by atoms with Crippen molar-refractivity contribution in [3.8, 4) is 0 Å². The molecule has 5 nitrogen and oxygen atoms in total. The SMILES string of the molecule is CC(C)CNc1ccnc(N2CCN(c3ccccc3Cl)CC2)n1. The van der Waals surface area contributed by atoms with Gasteiger partial charge in [-0.2, -0.15) is 4.98 Å². The minimum absolute atomic E-state index is 0.586. The molecule has 1 aromatic heterocycles. The Morgan fingerprint density at radius 1 is 1.08 bits per heavy atom. The Labute approximate surface area is 148 Å². The van der Waals surface area contributed by atoms with Crippen LogP contribution in [0.25, 0.3) is 0 Å². The Morgan fingerprint density at radius 3 is 2.50 bits per heavy atom. The molecule has 0 radical (unpaired) electrons. The normalized spacial score (nSPS) is 15.0. The van der Waals surface area contributed by atoms with Crippen molar-refractivity contribution >= 4 is 29.1 Å². The van der Waals surface area contributed by atoms with Crippen molar-refractivity contribution in [2.75, 3.05) is 47.8 Å². The zero-order chi connectivity index (χ0) is 16.9. The van der Waals surface area contributed by atoms with Gasteiger partial charge in [-0.05, 0) is 24.1 Å². The number of para-hydroxylation sites is 1. The summed E-state index contributed by atoms with van der Waals surface area (Å²) in [6, 6.07) is 9.93. The van der Waals surface area contributed by atoms with Gasteiger partial charge in [0, 0.05) is 38.9 Å². The molecule has 24 heavy (non-hydrogen) atoms. The second-order valence-corrected chi connectivity index (χ2v) is 6.85. The molecule has 0 spiro atoms. The van der Waals surface area contributed by atoms with Crippen molar-refractivity contribution in [3.63, 3.8) is 0 Å². The molecule has 1 N–H and O–H groups in total. The maximum atomic E-state index is 6.30. The molecule has 1 aliphatic heterocycles. The lowest BCUT2D eigenvalue weighted by atomic mass is 10.2. The molecule has 1 fully saturated rings. The second kappa shape index (κ2) is 7.71. The van der Waals surface area contributed by atoms with Crippen LogP contribution in [0.15, 0.2) is 36.5 Å². The molecule has 0 aliphatic carbocycles. The van der Waals surface area contributed by atoms with Gasteiger partial charge in [0.2, 0.25) is 5.95 Å². The topological polar surface area (TPSA) is 44.3 Å². The number of anilines is 3. The van der Waals surface area contributed by atoms with Gasteiger partial charge in [0.1, 0.15) is 5.82 Å². The number of aromatic nitrogens is 2. The van der Waals surface area contributed by atoms with Crippen LogP contribution in [0.4, 0.5) is 17.5 Å². The predicted octanol–water partition coefficient (Wildman–Crippen LogP) is 3.52. The summed E-state index contributed by atoms with van der Waals surface area (Å²) in [5.41, 5.74) is 1.10. The quantitative estimate of drug-likeness (QED) is 0.898. The van der Waals surface area contributed by atoms with Gasteiger partial charge in [-0.1, -0.05) is 37.6 Å². The first-order chi connectivity index (χ1) is 11.6. The van der Waals surface area contributed by atoms with Crippen molar-refractivity contribution in [2.45, 2.75) is 13.8 Å². The lowest BCUT2D eigenvalue weighted by Crippen LogP contribution is -2.47. The molecule has 0 saturated carbocycles. The molecular weight excluding hydrogens is 322 g/mol. The van der Waals surface area contributed by atoms with E-state index in [0.29, 0.717) is 5.92 Å². The second-order valence-electron chi connectivity index (χ2n) is 6.44. The fraction of sp³-hybridized carbons (Fsp3) is 0.444. The molecule has 1 aliphatic rings. The molecule has 6 heteroatoms. The predicted molar refractivity (Wildman–Crippen MR) is 101 cm³/mol. The van der Waals surface area contributed by atoms with E-state index in [1.165, 1.54) is 0 Å². The first kappa shape index (κ1) is 16.8. The smallest absolute Gasteiger partial charge is 0.227 e. The summed E-state index contributed by atoms with van der Waals surface area (Å²) in [6.45, 7) is 8.88. The van der Waals surface area contributed by atoms with Gasteiger partial charge >= 0.3 is 0 Å². The van der Waals surface area contributed by atoms with Gasteiger partial charge in [-0.25, -0.2) is 4.98 Å². The summed E-state index contributed by atoms with van der Waals surface area (Å²) in [5.74, 6) is 2.27. The average Bonchev–Trinajstić information content (AvgIpc) is 2.61. The summed E-state index contributed by atoms with van der Waals surface area (Å²) < 4.78 is 0. The van der Waals surface area contributed by atoms with Crippen LogP contribution in [-0.2, 0) is 0 Å². The highest BCUT2D eigenvalue weighted by molar-refractivity contribution is 6.33. The van der Waals surface area contributed by atoms with Crippen LogP contribution in [0.2, 0.25) is 5.02 Å². The summed E-state index contributed by atoms with van der Waals surface area (Å²) in [5, 5.41) is 4.17. The van der Waals surface area contributed by atoms with Gasteiger partial charge < -0.3 is 15.1 Å². The van der Waals surface area contributed by atoms with Crippen LogP contribution in [0, 0.1) is 5.92 Å². The van der Waals surface area contributed by atoms with E-state index in [2.05, 4.69) is 45.0 Å². The third kappa shape index (κ3) is 4.09. The number of hydrogen-bond donors (Lipinski definition) is 1. The summed E-state index contributed by atoms with van der Waals surface area (Å²) in [7, 11) is 0. The van der Waals surface area contributed by atoms with Crippen LogP contribution in [0.1, 0.15) is 13.8 Å². The third-order valence-electron chi connectivity index (χ3n) is 4.09.